The van der Waals surface area contributed by atoms with Crippen LogP contribution in [-0.2, 0) is 0 Å². The Kier molecular flexibility index (Phi) is 3.16. The van der Waals surface area contributed by atoms with Crippen LogP contribution in [-0.4, -0.2) is 24.3 Å². The Hall–Kier alpha value is 0.210. The Morgan fingerprint density at radius 3 is 2.09 bits per heavy atom. The summed E-state index contributed by atoms with van der Waals surface area (Å²) in [5, 5.41) is 13.0. The van der Waals surface area contributed by atoms with Gasteiger partial charge in [-0.2, -0.15) is 0 Å². The average Bonchev–Trinajstić information content (AvgIpc) is 1.86. The third kappa shape index (κ3) is 1.68. The highest BCUT2D eigenvalue weighted by Gasteiger charge is 2.34. The molecule has 2 N–H and O–H groups in total. The average molecular weight is 178 g/mol. The third-order valence-electron chi connectivity index (χ3n) is 2.93. The lowest BCUT2D eigenvalue weighted by Crippen LogP contribution is -2.49. The molecule has 2 nitrogen and oxygen atoms in total. The van der Waals surface area contributed by atoms with Crippen LogP contribution in [0.4, 0.5) is 0 Å². The van der Waals surface area contributed by atoms with E-state index in [9.17, 15) is 5.11 Å². The number of piperidine rings is 1. The van der Waals surface area contributed by atoms with Gasteiger partial charge in [-0.3, -0.25) is 0 Å². The lowest BCUT2D eigenvalue weighted by molar-refractivity contribution is -0.00332. The first-order valence-electron chi connectivity index (χ1n) is 4.26. The summed E-state index contributed by atoms with van der Waals surface area (Å²) in [6.07, 6.45) is 3.79. The van der Waals surface area contributed by atoms with Gasteiger partial charge in [-0.25, -0.2) is 0 Å². The van der Waals surface area contributed by atoms with Crippen molar-refractivity contribution in [1.29, 1.82) is 0 Å². The fourth-order valence-electron chi connectivity index (χ4n) is 2.27. The molecule has 1 saturated carbocycles. The largest absolute Gasteiger partial charge is 0.392 e. The zero-order valence-corrected chi connectivity index (χ0v) is 7.44. The van der Waals surface area contributed by atoms with E-state index in [-0.39, 0.29) is 18.5 Å². The van der Waals surface area contributed by atoms with E-state index in [4.69, 9.17) is 0 Å². The van der Waals surface area contributed by atoms with Crippen LogP contribution in [0, 0.1) is 11.8 Å². The summed E-state index contributed by atoms with van der Waals surface area (Å²) in [7, 11) is 0. The number of rotatable bonds is 0. The minimum Gasteiger partial charge on any atom is -0.392 e. The maximum absolute atomic E-state index is 9.65. The fraction of sp³-hybridized carbons (Fsp3) is 1.00. The number of aliphatic hydroxyl groups excluding tert-OH is 1. The molecule has 2 fully saturated rings. The first kappa shape index (κ1) is 9.30. The standard InChI is InChI=1S/C8H15NO.ClH/c10-8-6-2-1-3-7(8)5-9-4-6;/h6-10H,1-5H2;1H/t6-,7+,8?;. The molecule has 0 aromatic carbocycles. The minimum atomic E-state index is 0. The Bertz CT molecular complexity index is 109. The quantitative estimate of drug-likeness (QED) is 0.574. The van der Waals surface area contributed by atoms with E-state index in [2.05, 4.69) is 5.32 Å². The van der Waals surface area contributed by atoms with Crippen LogP contribution in [0.2, 0.25) is 0 Å². The molecule has 3 heteroatoms. The van der Waals surface area contributed by atoms with Gasteiger partial charge in [-0.15, -0.1) is 12.4 Å². The van der Waals surface area contributed by atoms with Gasteiger partial charge in [0.15, 0.2) is 0 Å². The lowest BCUT2D eigenvalue weighted by Gasteiger charge is -2.39. The molecule has 11 heavy (non-hydrogen) atoms. The van der Waals surface area contributed by atoms with Gasteiger partial charge in [-0.1, -0.05) is 6.42 Å². The summed E-state index contributed by atoms with van der Waals surface area (Å²) in [5.41, 5.74) is 0. The maximum atomic E-state index is 9.65. The van der Waals surface area contributed by atoms with Crippen molar-refractivity contribution < 1.29 is 5.11 Å². The van der Waals surface area contributed by atoms with Crippen molar-refractivity contribution in [1.82, 2.24) is 5.32 Å². The molecule has 0 aromatic rings. The van der Waals surface area contributed by atoms with Gasteiger partial charge in [0.05, 0.1) is 6.10 Å². The van der Waals surface area contributed by atoms with Gasteiger partial charge in [0.25, 0.3) is 0 Å². The van der Waals surface area contributed by atoms with Crippen molar-refractivity contribution >= 4 is 12.4 Å². The second-order valence-electron chi connectivity index (χ2n) is 3.60. The van der Waals surface area contributed by atoms with Gasteiger partial charge in [0, 0.05) is 13.1 Å². The molecular formula is C8H16ClNO. The molecule has 0 amide bonds. The van der Waals surface area contributed by atoms with E-state index in [1.54, 1.807) is 0 Å². The SMILES string of the molecule is Cl.OC1[C@@H]2CCC[C@H]1CNC2. The van der Waals surface area contributed by atoms with Gasteiger partial charge in [0.1, 0.15) is 0 Å². The van der Waals surface area contributed by atoms with Crippen LogP contribution in [0.25, 0.3) is 0 Å². The van der Waals surface area contributed by atoms with Gasteiger partial charge in [-0.05, 0) is 24.7 Å². The molecule has 0 aromatic heterocycles. The first-order chi connectivity index (χ1) is 4.88. The first-order valence-corrected chi connectivity index (χ1v) is 4.26. The van der Waals surface area contributed by atoms with Crippen molar-refractivity contribution in [2.45, 2.75) is 25.4 Å². The second kappa shape index (κ2) is 3.74. The molecule has 1 unspecified atom stereocenters. The van der Waals surface area contributed by atoms with Crippen LogP contribution >= 0.6 is 12.4 Å². The van der Waals surface area contributed by atoms with Crippen LogP contribution in [0.1, 0.15) is 19.3 Å². The van der Waals surface area contributed by atoms with E-state index in [1.165, 1.54) is 19.3 Å². The topological polar surface area (TPSA) is 32.3 Å². The molecule has 1 heterocycles. The summed E-state index contributed by atoms with van der Waals surface area (Å²) < 4.78 is 0. The number of nitrogens with one attached hydrogen (secondary N) is 1. The Labute approximate surface area is 73.8 Å². The maximum Gasteiger partial charge on any atom is 0.0620 e. The number of hydrogen-bond donors (Lipinski definition) is 2. The second-order valence-corrected chi connectivity index (χ2v) is 3.60. The van der Waals surface area contributed by atoms with Crippen LogP contribution in [0.3, 0.4) is 0 Å². The Balaban J connectivity index is 0.000000605. The highest BCUT2D eigenvalue weighted by atomic mass is 35.5. The van der Waals surface area contributed by atoms with Crippen LogP contribution < -0.4 is 5.32 Å². The molecule has 2 aliphatic rings. The smallest absolute Gasteiger partial charge is 0.0620 e. The lowest BCUT2D eigenvalue weighted by atomic mass is 9.76. The predicted molar refractivity (Wildman–Crippen MR) is 47.0 cm³/mol. The molecule has 0 spiro atoms. The number of aliphatic hydroxyl groups is 1. The molecule has 0 radical (unpaired) electrons. The number of fused-ring (bicyclic) bond motifs is 2. The highest BCUT2D eigenvalue weighted by molar-refractivity contribution is 5.85. The molecule has 66 valence electrons. The van der Waals surface area contributed by atoms with Crippen molar-refractivity contribution in [3.63, 3.8) is 0 Å². The molecular weight excluding hydrogens is 162 g/mol. The van der Waals surface area contributed by atoms with Gasteiger partial charge in [0.2, 0.25) is 0 Å². The van der Waals surface area contributed by atoms with E-state index in [1.807, 2.05) is 0 Å². The molecule has 2 rings (SSSR count). The number of hydrogen-bond acceptors (Lipinski definition) is 2. The molecule has 2 bridgehead atoms. The van der Waals surface area contributed by atoms with E-state index < -0.39 is 0 Å². The summed E-state index contributed by atoms with van der Waals surface area (Å²) in [6.45, 7) is 2.08. The van der Waals surface area contributed by atoms with Crippen molar-refractivity contribution in [2.24, 2.45) is 11.8 Å². The van der Waals surface area contributed by atoms with E-state index in [0.717, 1.165) is 13.1 Å². The predicted octanol–water partition coefficient (Wildman–Crippen LogP) is 0.789. The summed E-state index contributed by atoms with van der Waals surface area (Å²) in [5.74, 6) is 1.12. The molecule has 3 atom stereocenters. The third-order valence-corrected chi connectivity index (χ3v) is 2.93. The monoisotopic (exact) mass is 177 g/mol. The van der Waals surface area contributed by atoms with E-state index >= 15 is 0 Å². The van der Waals surface area contributed by atoms with Crippen molar-refractivity contribution in [3.05, 3.63) is 0 Å². The fourth-order valence-corrected chi connectivity index (χ4v) is 2.27. The normalized spacial score (nSPS) is 42.8. The van der Waals surface area contributed by atoms with E-state index in [0.29, 0.717) is 11.8 Å². The Morgan fingerprint density at radius 2 is 1.64 bits per heavy atom. The highest BCUT2D eigenvalue weighted by Crippen LogP contribution is 2.31. The van der Waals surface area contributed by atoms with Crippen LogP contribution in [0.15, 0.2) is 0 Å². The van der Waals surface area contributed by atoms with Gasteiger partial charge >= 0.3 is 0 Å². The van der Waals surface area contributed by atoms with Crippen LogP contribution in [0.5, 0.6) is 0 Å². The minimum absolute atomic E-state index is 0. The molecule has 1 aliphatic carbocycles. The van der Waals surface area contributed by atoms with Crippen molar-refractivity contribution in [3.8, 4) is 0 Å². The zero-order chi connectivity index (χ0) is 6.97. The Morgan fingerprint density at radius 1 is 1.09 bits per heavy atom. The molecule has 1 saturated heterocycles. The summed E-state index contributed by atoms with van der Waals surface area (Å²) >= 11 is 0. The van der Waals surface area contributed by atoms with Crippen molar-refractivity contribution in [2.75, 3.05) is 13.1 Å². The van der Waals surface area contributed by atoms with Gasteiger partial charge < -0.3 is 10.4 Å². The molecule has 1 aliphatic heterocycles. The zero-order valence-electron chi connectivity index (χ0n) is 6.62. The summed E-state index contributed by atoms with van der Waals surface area (Å²) in [6, 6.07) is 0. The summed E-state index contributed by atoms with van der Waals surface area (Å²) in [4.78, 5) is 0. The number of halogens is 1.